The van der Waals surface area contributed by atoms with Crippen LogP contribution in [0.25, 0.3) is 21.8 Å². The van der Waals surface area contributed by atoms with Crippen molar-refractivity contribution >= 4 is 28.0 Å². The molecule has 0 bridgehead atoms. The number of nitrogens with zero attached hydrogens (tertiary/aromatic N) is 4. The van der Waals surface area contributed by atoms with Crippen LogP contribution in [0, 0.1) is 0 Å². The molecule has 2 heterocycles. The first kappa shape index (κ1) is 18.9. The smallest absolute Gasteiger partial charge is 0.0543 e. The van der Waals surface area contributed by atoms with Gasteiger partial charge in [0.25, 0.3) is 0 Å². The number of hydrazone groups is 1. The van der Waals surface area contributed by atoms with Gasteiger partial charge in [-0.3, -0.25) is 9.91 Å². The summed E-state index contributed by atoms with van der Waals surface area (Å²) < 4.78 is 2.39. The van der Waals surface area contributed by atoms with Crippen LogP contribution < -0.4 is 0 Å². The predicted molar refractivity (Wildman–Crippen MR) is 126 cm³/mol. The maximum Gasteiger partial charge on any atom is 0.0543 e. The number of rotatable bonds is 5. The van der Waals surface area contributed by atoms with E-state index in [2.05, 4.69) is 94.2 Å². The zero-order valence-corrected chi connectivity index (χ0v) is 17.5. The first-order valence-corrected chi connectivity index (χ1v) is 10.9. The molecule has 0 amide bonds. The van der Waals surface area contributed by atoms with Crippen molar-refractivity contribution < 1.29 is 0 Å². The standard InChI is InChI=1S/C26H28N4/c1-2-30-25-11-7-6-10-23(25)24-18-22(12-13-26(24)30)19-27-29-16-14-28(15-17-29)20-21-8-4-3-5-9-21/h3-13,18-19H,2,14-17,20H2,1H3. The van der Waals surface area contributed by atoms with Crippen LogP contribution in [0.2, 0.25) is 0 Å². The van der Waals surface area contributed by atoms with Gasteiger partial charge >= 0.3 is 0 Å². The van der Waals surface area contributed by atoms with Gasteiger partial charge in [-0.25, -0.2) is 0 Å². The highest BCUT2D eigenvalue weighted by atomic mass is 15.5. The quantitative estimate of drug-likeness (QED) is 0.445. The fourth-order valence-corrected chi connectivity index (χ4v) is 4.49. The topological polar surface area (TPSA) is 23.8 Å². The summed E-state index contributed by atoms with van der Waals surface area (Å²) in [6.07, 6.45) is 2.02. The number of fused-ring (bicyclic) bond motifs is 3. The van der Waals surface area contributed by atoms with Gasteiger partial charge in [-0.15, -0.1) is 0 Å². The van der Waals surface area contributed by atoms with E-state index in [1.165, 1.54) is 27.4 Å². The lowest BCUT2D eigenvalue weighted by Crippen LogP contribution is -2.43. The van der Waals surface area contributed by atoms with Gasteiger partial charge in [-0.2, -0.15) is 5.10 Å². The number of hydrogen-bond donors (Lipinski definition) is 0. The molecular formula is C26H28N4. The Labute approximate surface area is 178 Å². The van der Waals surface area contributed by atoms with Crippen LogP contribution in [0.1, 0.15) is 18.1 Å². The Hall–Kier alpha value is -3.11. The Morgan fingerprint density at radius 2 is 1.53 bits per heavy atom. The Morgan fingerprint density at radius 1 is 0.800 bits per heavy atom. The van der Waals surface area contributed by atoms with Crippen LogP contribution in [-0.4, -0.2) is 46.9 Å². The molecular weight excluding hydrogens is 368 g/mol. The number of aromatic nitrogens is 1. The molecule has 4 aromatic rings. The van der Waals surface area contributed by atoms with E-state index in [9.17, 15) is 0 Å². The maximum absolute atomic E-state index is 4.78. The van der Waals surface area contributed by atoms with E-state index in [0.29, 0.717) is 0 Å². The number of piperazine rings is 1. The Morgan fingerprint density at radius 3 is 2.33 bits per heavy atom. The lowest BCUT2D eigenvalue weighted by atomic mass is 10.1. The van der Waals surface area contributed by atoms with E-state index in [-0.39, 0.29) is 0 Å². The van der Waals surface area contributed by atoms with E-state index >= 15 is 0 Å². The maximum atomic E-state index is 4.78. The molecule has 0 radical (unpaired) electrons. The molecule has 0 unspecified atom stereocenters. The van der Waals surface area contributed by atoms with Crippen molar-refractivity contribution in [1.29, 1.82) is 0 Å². The zero-order valence-electron chi connectivity index (χ0n) is 17.5. The molecule has 0 spiro atoms. The summed E-state index contributed by atoms with van der Waals surface area (Å²) in [6.45, 7) is 8.26. The number of para-hydroxylation sites is 1. The van der Waals surface area contributed by atoms with Crippen LogP contribution in [0.5, 0.6) is 0 Å². The predicted octanol–water partition coefficient (Wildman–Crippen LogP) is 4.97. The van der Waals surface area contributed by atoms with Gasteiger partial charge < -0.3 is 4.57 Å². The summed E-state index contributed by atoms with van der Waals surface area (Å²) in [6, 6.07) is 26.1. The number of aryl methyl sites for hydroxylation is 1. The lowest BCUT2D eigenvalue weighted by Gasteiger charge is -2.33. The van der Waals surface area contributed by atoms with Crippen molar-refractivity contribution in [1.82, 2.24) is 14.5 Å². The molecule has 0 N–H and O–H groups in total. The number of hydrogen-bond acceptors (Lipinski definition) is 3. The largest absolute Gasteiger partial charge is 0.341 e. The van der Waals surface area contributed by atoms with Gasteiger partial charge in [0.1, 0.15) is 0 Å². The van der Waals surface area contributed by atoms with Crippen LogP contribution in [0.15, 0.2) is 77.9 Å². The van der Waals surface area contributed by atoms with Gasteiger partial charge in [0.2, 0.25) is 0 Å². The molecule has 30 heavy (non-hydrogen) atoms. The SMILES string of the molecule is CCn1c2ccccc2c2cc(C=NN3CCN(Cc4ccccc4)CC3)ccc21. The second-order valence-electron chi connectivity index (χ2n) is 8.00. The summed E-state index contributed by atoms with van der Waals surface area (Å²) in [5.74, 6) is 0. The molecule has 1 aliphatic rings. The molecule has 1 saturated heterocycles. The summed E-state index contributed by atoms with van der Waals surface area (Å²) >= 11 is 0. The molecule has 5 rings (SSSR count). The molecule has 4 heteroatoms. The molecule has 1 aromatic heterocycles. The van der Waals surface area contributed by atoms with E-state index in [1.807, 2.05) is 6.21 Å². The van der Waals surface area contributed by atoms with E-state index in [4.69, 9.17) is 5.10 Å². The highest BCUT2D eigenvalue weighted by molar-refractivity contribution is 6.09. The van der Waals surface area contributed by atoms with Crippen LogP contribution in [0.3, 0.4) is 0 Å². The summed E-state index contributed by atoms with van der Waals surface area (Å²) in [5.41, 5.74) is 5.14. The number of benzene rings is 3. The zero-order chi connectivity index (χ0) is 20.3. The van der Waals surface area contributed by atoms with Gasteiger partial charge in [0.15, 0.2) is 0 Å². The Balaban J connectivity index is 1.29. The summed E-state index contributed by atoms with van der Waals surface area (Å²) in [7, 11) is 0. The molecule has 0 atom stereocenters. The minimum atomic E-state index is 0.973. The molecule has 1 fully saturated rings. The normalized spacial score (nSPS) is 15.6. The third kappa shape index (κ3) is 3.71. The van der Waals surface area contributed by atoms with Crippen LogP contribution >= 0.6 is 0 Å². The summed E-state index contributed by atoms with van der Waals surface area (Å²) in [5, 5.41) is 9.61. The first-order valence-electron chi connectivity index (χ1n) is 10.9. The monoisotopic (exact) mass is 396 g/mol. The second-order valence-corrected chi connectivity index (χ2v) is 8.00. The third-order valence-corrected chi connectivity index (χ3v) is 6.08. The van der Waals surface area contributed by atoms with Crippen molar-refractivity contribution in [3.8, 4) is 0 Å². The molecule has 152 valence electrons. The van der Waals surface area contributed by atoms with Gasteiger partial charge in [-0.1, -0.05) is 54.6 Å². The third-order valence-electron chi connectivity index (χ3n) is 6.08. The molecule has 0 aliphatic carbocycles. The van der Waals surface area contributed by atoms with Crippen molar-refractivity contribution in [2.45, 2.75) is 20.0 Å². The average Bonchev–Trinajstić information content (AvgIpc) is 3.12. The fraction of sp³-hybridized carbons (Fsp3) is 0.269. The average molecular weight is 397 g/mol. The van der Waals surface area contributed by atoms with Crippen molar-refractivity contribution in [2.75, 3.05) is 26.2 Å². The highest BCUT2D eigenvalue weighted by Crippen LogP contribution is 2.29. The van der Waals surface area contributed by atoms with E-state index in [1.54, 1.807) is 0 Å². The van der Waals surface area contributed by atoms with Gasteiger partial charge in [0.05, 0.1) is 6.21 Å². The first-order chi connectivity index (χ1) is 14.8. The molecule has 4 nitrogen and oxygen atoms in total. The molecule has 3 aromatic carbocycles. The fourth-order valence-electron chi connectivity index (χ4n) is 4.49. The molecule has 1 aliphatic heterocycles. The van der Waals surface area contributed by atoms with E-state index < -0.39 is 0 Å². The van der Waals surface area contributed by atoms with Crippen molar-refractivity contribution in [2.24, 2.45) is 5.10 Å². The minimum absolute atomic E-state index is 0.973. The highest BCUT2D eigenvalue weighted by Gasteiger charge is 2.15. The minimum Gasteiger partial charge on any atom is -0.341 e. The van der Waals surface area contributed by atoms with Crippen LogP contribution in [-0.2, 0) is 13.1 Å². The van der Waals surface area contributed by atoms with Crippen LogP contribution in [0.4, 0.5) is 0 Å². The van der Waals surface area contributed by atoms with Crippen molar-refractivity contribution in [3.63, 3.8) is 0 Å². The van der Waals surface area contributed by atoms with Crippen molar-refractivity contribution in [3.05, 3.63) is 83.9 Å². The second kappa shape index (κ2) is 8.33. The van der Waals surface area contributed by atoms with Gasteiger partial charge in [-0.05, 0) is 36.2 Å². The Kier molecular flexibility index (Phi) is 5.24. The lowest BCUT2D eigenvalue weighted by molar-refractivity contribution is 0.131. The summed E-state index contributed by atoms with van der Waals surface area (Å²) in [4.78, 5) is 2.51. The van der Waals surface area contributed by atoms with Gasteiger partial charge in [0, 0.05) is 61.1 Å². The van der Waals surface area contributed by atoms with E-state index in [0.717, 1.165) is 44.8 Å². The Bertz CT molecular complexity index is 1170. The molecule has 0 saturated carbocycles.